The highest BCUT2D eigenvalue weighted by Gasteiger charge is 2.16. The van der Waals surface area contributed by atoms with E-state index in [0.29, 0.717) is 28.8 Å². The van der Waals surface area contributed by atoms with Gasteiger partial charge in [-0.3, -0.25) is 4.79 Å². The van der Waals surface area contributed by atoms with E-state index >= 15 is 0 Å². The fourth-order valence-electron chi connectivity index (χ4n) is 2.51. The van der Waals surface area contributed by atoms with E-state index in [2.05, 4.69) is 5.32 Å². The van der Waals surface area contributed by atoms with Crippen LogP contribution in [-0.4, -0.2) is 31.8 Å². The largest absolute Gasteiger partial charge is 0.491 e. The summed E-state index contributed by atoms with van der Waals surface area (Å²) in [5.74, 6) is 1.05. The van der Waals surface area contributed by atoms with Crippen LogP contribution < -0.4 is 14.8 Å². The molecule has 1 aliphatic rings. The van der Waals surface area contributed by atoms with Crippen LogP contribution in [0.1, 0.15) is 12.8 Å². The first-order valence-corrected chi connectivity index (χ1v) is 8.59. The van der Waals surface area contributed by atoms with Crippen LogP contribution in [0.4, 0.5) is 5.69 Å². The van der Waals surface area contributed by atoms with Crippen LogP contribution in [0.15, 0.2) is 48.5 Å². The van der Waals surface area contributed by atoms with Gasteiger partial charge in [0.15, 0.2) is 6.61 Å². The monoisotopic (exact) mass is 361 g/mol. The molecule has 1 fully saturated rings. The van der Waals surface area contributed by atoms with Gasteiger partial charge in [0.2, 0.25) is 0 Å². The molecule has 2 aromatic carbocycles. The van der Waals surface area contributed by atoms with Crippen molar-refractivity contribution in [2.75, 3.05) is 25.1 Å². The summed E-state index contributed by atoms with van der Waals surface area (Å²) < 4.78 is 16.7. The molecule has 132 valence electrons. The average molecular weight is 362 g/mol. The molecule has 5 nitrogen and oxygen atoms in total. The van der Waals surface area contributed by atoms with Gasteiger partial charge in [0.25, 0.3) is 5.91 Å². The summed E-state index contributed by atoms with van der Waals surface area (Å²) in [5.41, 5.74) is 0.662. The van der Waals surface area contributed by atoms with Gasteiger partial charge < -0.3 is 19.5 Å². The number of anilines is 1. The zero-order chi connectivity index (χ0) is 17.5. The lowest BCUT2D eigenvalue weighted by molar-refractivity contribution is -0.118. The Morgan fingerprint density at radius 3 is 2.76 bits per heavy atom. The van der Waals surface area contributed by atoms with Crippen molar-refractivity contribution in [1.82, 2.24) is 0 Å². The standard InChI is InChI=1S/C19H20ClNO4/c20-14-6-8-16(9-7-14)25-13-19(22)21-15-3-1-4-17(11-15)24-12-18-5-2-10-23-18/h1,3-4,6-9,11,18H,2,5,10,12-13H2,(H,21,22)/t18-/m1/s1. The Bertz CT molecular complexity index is 699. The van der Waals surface area contributed by atoms with E-state index in [1.54, 1.807) is 36.4 Å². The Balaban J connectivity index is 1.47. The number of carbonyl (C=O) groups is 1. The van der Waals surface area contributed by atoms with Gasteiger partial charge in [-0.2, -0.15) is 0 Å². The van der Waals surface area contributed by atoms with Gasteiger partial charge in [-0.05, 0) is 49.2 Å². The molecule has 1 saturated heterocycles. The molecular weight excluding hydrogens is 342 g/mol. The normalized spacial score (nSPS) is 16.4. The van der Waals surface area contributed by atoms with E-state index in [1.165, 1.54) is 0 Å². The van der Waals surface area contributed by atoms with E-state index in [0.717, 1.165) is 19.4 Å². The Hall–Kier alpha value is -2.24. The second kappa shape index (κ2) is 8.74. The predicted molar refractivity (Wildman–Crippen MR) is 96.5 cm³/mol. The molecule has 0 spiro atoms. The molecule has 1 heterocycles. The quantitative estimate of drug-likeness (QED) is 0.812. The van der Waals surface area contributed by atoms with E-state index in [4.69, 9.17) is 25.8 Å². The first-order valence-electron chi connectivity index (χ1n) is 8.22. The molecule has 1 aliphatic heterocycles. The molecule has 1 N–H and O–H groups in total. The first kappa shape index (κ1) is 17.6. The minimum atomic E-state index is -0.244. The van der Waals surface area contributed by atoms with Crippen molar-refractivity contribution in [2.45, 2.75) is 18.9 Å². The molecule has 0 aliphatic carbocycles. The maximum Gasteiger partial charge on any atom is 0.262 e. The van der Waals surface area contributed by atoms with Gasteiger partial charge in [-0.1, -0.05) is 17.7 Å². The summed E-state index contributed by atoms with van der Waals surface area (Å²) in [7, 11) is 0. The smallest absolute Gasteiger partial charge is 0.262 e. The highest BCUT2D eigenvalue weighted by atomic mass is 35.5. The van der Waals surface area contributed by atoms with Gasteiger partial charge in [-0.15, -0.1) is 0 Å². The third kappa shape index (κ3) is 5.66. The number of nitrogens with one attached hydrogen (secondary N) is 1. The van der Waals surface area contributed by atoms with Crippen molar-refractivity contribution in [3.05, 3.63) is 53.6 Å². The zero-order valence-corrected chi connectivity index (χ0v) is 14.5. The zero-order valence-electron chi connectivity index (χ0n) is 13.7. The van der Waals surface area contributed by atoms with E-state index in [9.17, 15) is 4.79 Å². The summed E-state index contributed by atoms with van der Waals surface area (Å²) in [6, 6.07) is 14.1. The van der Waals surface area contributed by atoms with Crippen molar-refractivity contribution in [1.29, 1.82) is 0 Å². The van der Waals surface area contributed by atoms with Crippen LogP contribution >= 0.6 is 11.6 Å². The van der Waals surface area contributed by atoms with Crippen molar-refractivity contribution in [2.24, 2.45) is 0 Å². The van der Waals surface area contributed by atoms with Gasteiger partial charge in [0.05, 0.1) is 6.10 Å². The maximum absolute atomic E-state index is 12.0. The predicted octanol–water partition coefficient (Wildman–Crippen LogP) is 3.92. The van der Waals surface area contributed by atoms with Crippen LogP contribution in [0.2, 0.25) is 5.02 Å². The number of carbonyl (C=O) groups excluding carboxylic acids is 1. The highest BCUT2D eigenvalue weighted by Crippen LogP contribution is 2.20. The number of halogens is 1. The third-order valence-corrected chi connectivity index (χ3v) is 4.01. The average Bonchev–Trinajstić information content (AvgIpc) is 3.13. The lowest BCUT2D eigenvalue weighted by atomic mass is 10.2. The lowest BCUT2D eigenvalue weighted by Crippen LogP contribution is -2.20. The molecule has 0 radical (unpaired) electrons. The SMILES string of the molecule is O=C(COc1ccc(Cl)cc1)Nc1cccc(OC[C@H]2CCCO2)c1. The molecular formula is C19H20ClNO4. The number of rotatable bonds is 7. The highest BCUT2D eigenvalue weighted by molar-refractivity contribution is 6.30. The van der Waals surface area contributed by atoms with Crippen LogP contribution in [0, 0.1) is 0 Å². The summed E-state index contributed by atoms with van der Waals surface area (Å²) in [5, 5.41) is 3.41. The molecule has 0 unspecified atom stereocenters. The molecule has 25 heavy (non-hydrogen) atoms. The van der Waals surface area contributed by atoms with Gasteiger partial charge >= 0.3 is 0 Å². The van der Waals surface area contributed by atoms with E-state index in [1.807, 2.05) is 12.1 Å². The second-order valence-corrected chi connectivity index (χ2v) is 6.20. The molecule has 2 aromatic rings. The maximum atomic E-state index is 12.0. The number of amides is 1. The van der Waals surface area contributed by atoms with E-state index in [-0.39, 0.29) is 18.6 Å². The minimum Gasteiger partial charge on any atom is -0.491 e. The number of benzene rings is 2. The Kier molecular flexibility index (Phi) is 6.14. The fraction of sp³-hybridized carbons (Fsp3) is 0.316. The number of hydrogen-bond donors (Lipinski definition) is 1. The lowest BCUT2D eigenvalue weighted by Gasteiger charge is -2.13. The number of ether oxygens (including phenoxy) is 3. The topological polar surface area (TPSA) is 56.8 Å². The van der Waals surface area contributed by atoms with Crippen LogP contribution in [0.3, 0.4) is 0 Å². The molecule has 0 saturated carbocycles. The minimum absolute atomic E-state index is 0.0807. The Morgan fingerprint density at radius 2 is 2.00 bits per heavy atom. The third-order valence-electron chi connectivity index (χ3n) is 3.76. The van der Waals surface area contributed by atoms with Crippen molar-refractivity contribution in [3.8, 4) is 11.5 Å². The molecule has 1 atom stereocenters. The van der Waals surface area contributed by atoms with Crippen molar-refractivity contribution >= 4 is 23.2 Å². The van der Waals surface area contributed by atoms with Gasteiger partial charge in [0.1, 0.15) is 18.1 Å². The Morgan fingerprint density at radius 1 is 1.16 bits per heavy atom. The van der Waals surface area contributed by atoms with Gasteiger partial charge in [-0.25, -0.2) is 0 Å². The first-order chi connectivity index (χ1) is 12.2. The molecule has 0 bridgehead atoms. The van der Waals surface area contributed by atoms with Crippen molar-refractivity contribution < 1.29 is 19.0 Å². The summed E-state index contributed by atoms with van der Waals surface area (Å²) in [6.45, 7) is 1.25. The fourth-order valence-corrected chi connectivity index (χ4v) is 2.63. The van der Waals surface area contributed by atoms with E-state index < -0.39 is 0 Å². The number of hydrogen-bond acceptors (Lipinski definition) is 4. The van der Waals surface area contributed by atoms with Crippen molar-refractivity contribution in [3.63, 3.8) is 0 Å². The van der Waals surface area contributed by atoms with Gasteiger partial charge in [0, 0.05) is 23.4 Å². The molecule has 3 rings (SSSR count). The summed E-state index contributed by atoms with van der Waals surface area (Å²) >= 11 is 5.81. The van der Waals surface area contributed by atoms with Crippen LogP contribution in [0.5, 0.6) is 11.5 Å². The second-order valence-electron chi connectivity index (χ2n) is 5.76. The summed E-state index contributed by atoms with van der Waals surface area (Å²) in [4.78, 5) is 12.0. The molecule has 0 aromatic heterocycles. The van der Waals surface area contributed by atoms with Crippen LogP contribution in [0.25, 0.3) is 0 Å². The summed E-state index contributed by atoms with van der Waals surface area (Å²) in [6.07, 6.45) is 2.27. The Labute approximate surface area is 151 Å². The van der Waals surface area contributed by atoms with Crippen LogP contribution in [-0.2, 0) is 9.53 Å². The molecule has 1 amide bonds. The molecule has 6 heteroatoms.